The first-order chi connectivity index (χ1) is 12.5. The lowest BCUT2D eigenvalue weighted by atomic mass is 9.60. The average molecular weight is 368 g/mol. The van der Waals surface area contributed by atoms with E-state index < -0.39 is 6.10 Å². The molecular formula is C22H39O4+. The van der Waals surface area contributed by atoms with Crippen LogP contribution in [0.4, 0.5) is 0 Å². The molecule has 1 N–H and O–H groups in total. The van der Waals surface area contributed by atoms with Gasteiger partial charge in [-0.15, -0.1) is 0 Å². The highest BCUT2D eigenvalue weighted by Crippen LogP contribution is 2.48. The van der Waals surface area contributed by atoms with E-state index in [4.69, 9.17) is 14.2 Å². The van der Waals surface area contributed by atoms with Crippen molar-refractivity contribution in [1.29, 1.82) is 0 Å². The second kappa shape index (κ2) is 9.27. The molecule has 0 aromatic rings. The van der Waals surface area contributed by atoms with Crippen molar-refractivity contribution in [3.05, 3.63) is 6.42 Å². The molecule has 4 nitrogen and oxygen atoms in total. The molecule has 0 aromatic carbocycles. The zero-order chi connectivity index (χ0) is 18.6. The molecule has 3 rings (SSSR count). The molecule has 0 aromatic heterocycles. The van der Waals surface area contributed by atoms with Gasteiger partial charge in [0.15, 0.2) is 0 Å². The van der Waals surface area contributed by atoms with Crippen LogP contribution >= 0.6 is 0 Å². The Balaban J connectivity index is 1.38. The number of epoxide rings is 1. The number of aliphatic hydroxyl groups excluding tert-OH is 1. The monoisotopic (exact) mass is 367 g/mol. The van der Waals surface area contributed by atoms with Gasteiger partial charge in [-0.3, -0.25) is 0 Å². The minimum absolute atomic E-state index is 0.338. The first kappa shape index (κ1) is 20.4. The van der Waals surface area contributed by atoms with Crippen LogP contribution in [0.2, 0.25) is 0 Å². The highest BCUT2D eigenvalue weighted by atomic mass is 16.6. The standard InChI is InChI=1S/C22H39O4/c1-4-18(23)13-24-19-9-5-16(6-10-19)22(2,3)17-7-11-20(12-8-17)25-14-21-15-26-21/h4,16-21,23H,5-15H2,1-3H3/q+1. The van der Waals surface area contributed by atoms with Crippen LogP contribution in [-0.4, -0.2) is 49.3 Å². The normalized spacial score (nSPS) is 36.5. The van der Waals surface area contributed by atoms with Crippen molar-refractivity contribution in [2.45, 2.75) is 96.6 Å². The van der Waals surface area contributed by atoms with E-state index in [9.17, 15) is 5.11 Å². The molecule has 0 amide bonds. The van der Waals surface area contributed by atoms with Crippen molar-refractivity contribution in [2.24, 2.45) is 17.3 Å². The van der Waals surface area contributed by atoms with Gasteiger partial charge in [0.25, 0.3) is 0 Å². The first-order valence-corrected chi connectivity index (χ1v) is 10.8. The fraction of sp³-hybridized carbons (Fsp3) is 0.955. The third-order valence-corrected chi connectivity index (χ3v) is 7.26. The van der Waals surface area contributed by atoms with Gasteiger partial charge in [-0.1, -0.05) is 13.8 Å². The Hall–Kier alpha value is -0.290. The summed E-state index contributed by atoms with van der Waals surface area (Å²) in [5.74, 6) is 1.62. The maximum atomic E-state index is 9.64. The summed E-state index contributed by atoms with van der Waals surface area (Å²) in [6.45, 7) is 9.02. The second-order valence-corrected chi connectivity index (χ2v) is 9.29. The van der Waals surface area contributed by atoms with Crippen LogP contribution in [-0.2, 0) is 14.2 Å². The molecule has 2 atom stereocenters. The highest BCUT2D eigenvalue weighted by Gasteiger charge is 2.41. The molecule has 3 fully saturated rings. The maximum Gasteiger partial charge on any atom is 0.217 e. The molecule has 1 aliphatic heterocycles. The number of ether oxygens (including phenoxy) is 3. The summed E-state index contributed by atoms with van der Waals surface area (Å²) in [5.41, 5.74) is 0.409. The van der Waals surface area contributed by atoms with Crippen LogP contribution in [0.3, 0.4) is 0 Å². The Labute approximate surface area is 160 Å². The fourth-order valence-corrected chi connectivity index (χ4v) is 5.02. The lowest BCUT2D eigenvalue weighted by Gasteiger charge is -2.46. The van der Waals surface area contributed by atoms with Crippen molar-refractivity contribution in [2.75, 3.05) is 19.8 Å². The predicted molar refractivity (Wildman–Crippen MR) is 103 cm³/mol. The van der Waals surface area contributed by atoms with Gasteiger partial charge in [-0.25, -0.2) is 0 Å². The Morgan fingerprint density at radius 2 is 1.46 bits per heavy atom. The third kappa shape index (κ3) is 5.60. The number of hydrogen-bond acceptors (Lipinski definition) is 4. The van der Waals surface area contributed by atoms with Gasteiger partial charge in [-0.05, 0) is 68.6 Å². The molecule has 26 heavy (non-hydrogen) atoms. The summed E-state index contributed by atoms with van der Waals surface area (Å²) in [5, 5.41) is 9.64. The summed E-state index contributed by atoms with van der Waals surface area (Å²) in [4.78, 5) is 0. The topological polar surface area (TPSA) is 51.2 Å². The number of rotatable bonds is 9. The molecule has 1 heterocycles. The van der Waals surface area contributed by atoms with Crippen molar-refractivity contribution < 1.29 is 19.3 Å². The van der Waals surface area contributed by atoms with E-state index in [1.807, 2.05) is 6.92 Å². The Kier molecular flexibility index (Phi) is 7.29. The van der Waals surface area contributed by atoms with E-state index >= 15 is 0 Å². The van der Waals surface area contributed by atoms with Crippen molar-refractivity contribution in [3.8, 4) is 0 Å². The third-order valence-electron chi connectivity index (χ3n) is 7.26. The molecule has 0 spiro atoms. The Bertz CT molecular complexity index is 404. The van der Waals surface area contributed by atoms with Crippen molar-refractivity contribution >= 4 is 0 Å². The molecule has 3 aliphatic rings. The zero-order valence-electron chi connectivity index (χ0n) is 17.0. The van der Waals surface area contributed by atoms with Crippen LogP contribution in [0, 0.1) is 23.7 Å². The van der Waals surface area contributed by atoms with Gasteiger partial charge in [0, 0.05) is 0 Å². The van der Waals surface area contributed by atoms with Gasteiger partial charge in [0.05, 0.1) is 32.3 Å². The number of aliphatic hydroxyl groups is 1. The lowest BCUT2D eigenvalue weighted by Crippen LogP contribution is -2.39. The van der Waals surface area contributed by atoms with E-state index in [2.05, 4.69) is 13.8 Å². The average Bonchev–Trinajstić information content (AvgIpc) is 3.49. The quantitative estimate of drug-likeness (QED) is 0.491. The SMILES string of the molecule is C[CH+]C(O)COC1CCC(C(C)(C)C2CCC(OCC3CO3)CC2)CC1. The van der Waals surface area contributed by atoms with E-state index in [1.54, 1.807) is 6.42 Å². The molecule has 150 valence electrons. The van der Waals surface area contributed by atoms with Gasteiger partial charge >= 0.3 is 0 Å². The van der Waals surface area contributed by atoms with E-state index in [0.717, 1.165) is 37.9 Å². The van der Waals surface area contributed by atoms with E-state index in [1.165, 1.54) is 38.5 Å². The zero-order valence-corrected chi connectivity index (χ0v) is 17.0. The molecule has 4 heteroatoms. The molecule has 2 unspecified atom stereocenters. The maximum absolute atomic E-state index is 9.64. The van der Waals surface area contributed by atoms with Crippen LogP contribution in [0.25, 0.3) is 0 Å². The summed E-state index contributed by atoms with van der Waals surface area (Å²) in [6, 6.07) is 0. The minimum Gasteiger partial charge on any atom is -0.375 e. The summed E-state index contributed by atoms with van der Waals surface area (Å²) in [7, 11) is 0. The lowest BCUT2D eigenvalue weighted by molar-refractivity contribution is -0.0488. The molecule has 1 saturated heterocycles. The van der Waals surface area contributed by atoms with Gasteiger partial charge in [-0.2, -0.15) is 0 Å². The smallest absolute Gasteiger partial charge is 0.217 e. The highest BCUT2D eigenvalue weighted by molar-refractivity contribution is 4.91. The first-order valence-electron chi connectivity index (χ1n) is 10.8. The van der Waals surface area contributed by atoms with Gasteiger partial charge in [0.2, 0.25) is 6.10 Å². The molecule has 2 aliphatic carbocycles. The Morgan fingerprint density at radius 3 is 1.92 bits per heavy atom. The number of hydrogen-bond donors (Lipinski definition) is 1. The van der Waals surface area contributed by atoms with Crippen LogP contribution in [0.15, 0.2) is 0 Å². The van der Waals surface area contributed by atoms with Gasteiger partial charge in [0.1, 0.15) is 19.1 Å². The van der Waals surface area contributed by atoms with E-state index in [0.29, 0.717) is 30.3 Å². The van der Waals surface area contributed by atoms with Gasteiger partial charge < -0.3 is 19.3 Å². The largest absolute Gasteiger partial charge is 0.375 e. The minimum atomic E-state index is -0.423. The van der Waals surface area contributed by atoms with Crippen LogP contribution in [0.5, 0.6) is 0 Å². The Morgan fingerprint density at radius 1 is 0.962 bits per heavy atom. The van der Waals surface area contributed by atoms with Crippen LogP contribution < -0.4 is 0 Å². The fourth-order valence-electron chi connectivity index (χ4n) is 5.02. The molecule has 2 saturated carbocycles. The molecule has 0 bridgehead atoms. The molecular weight excluding hydrogens is 328 g/mol. The predicted octanol–water partition coefficient (Wildman–Crippen LogP) is 4.15. The van der Waals surface area contributed by atoms with Crippen molar-refractivity contribution in [1.82, 2.24) is 0 Å². The summed E-state index contributed by atoms with van der Waals surface area (Å²) < 4.78 is 17.2. The summed E-state index contributed by atoms with van der Waals surface area (Å²) in [6.07, 6.45) is 12.4. The van der Waals surface area contributed by atoms with E-state index in [-0.39, 0.29) is 0 Å². The summed E-state index contributed by atoms with van der Waals surface area (Å²) >= 11 is 0. The van der Waals surface area contributed by atoms with Crippen molar-refractivity contribution in [3.63, 3.8) is 0 Å². The molecule has 0 radical (unpaired) electrons. The second-order valence-electron chi connectivity index (χ2n) is 9.29. The van der Waals surface area contributed by atoms with Crippen LogP contribution in [0.1, 0.15) is 72.1 Å².